The van der Waals surface area contributed by atoms with Crippen molar-refractivity contribution in [1.82, 2.24) is 0 Å². The topological polar surface area (TPSA) is 20.3 Å². The minimum Gasteiger partial charge on any atom is -0.311 e. The van der Waals surface area contributed by atoms with Gasteiger partial charge in [0.15, 0.2) is 0 Å². The van der Waals surface area contributed by atoms with Crippen LogP contribution in [0.1, 0.15) is 21.5 Å². The zero-order valence-electron chi connectivity index (χ0n) is 13.1. The van der Waals surface area contributed by atoms with E-state index < -0.39 is 0 Å². The summed E-state index contributed by atoms with van der Waals surface area (Å²) in [5.74, 6) is 0.0156. The summed E-state index contributed by atoms with van der Waals surface area (Å²) < 4.78 is 0. The molecular formula is C20H19NO. The fourth-order valence-electron chi connectivity index (χ4n) is 2.85. The summed E-state index contributed by atoms with van der Waals surface area (Å²) in [5.41, 5.74) is 3.98. The molecule has 0 unspecified atom stereocenters. The first-order chi connectivity index (χ1) is 10.6. The van der Waals surface area contributed by atoms with Gasteiger partial charge in [0, 0.05) is 18.3 Å². The van der Waals surface area contributed by atoms with E-state index in [1.54, 1.807) is 4.90 Å². The SMILES string of the molecule is Cc1cc(C)cc(N(C)C(=O)c2cccc3ccccc23)c1. The number of amides is 1. The quantitative estimate of drug-likeness (QED) is 0.667. The lowest BCUT2D eigenvalue weighted by atomic mass is 10.0. The van der Waals surface area contributed by atoms with E-state index in [1.807, 2.05) is 75.5 Å². The Labute approximate surface area is 131 Å². The van der Waals surface area contributed by atoms with Gasteiger partial charge in [0.25, 0.3) is 5.91 Å². The molecule has 3 aromatic carbocycles. The summed E-state index contributed by atoms with van der Waals surface area (Å²) >= 11 is 0. The predicted octanol–water partition coefficient (Wildman–Crippen LogP) is 4.73. The summed E-state index contributed by atoms with van der Waals surface area (Å²) in [6, 6.07) is 20.0. The molecule has 0 heterocycles. The van der Waals surface area contributed by atoms with Gasteiger partial charge in [0.1, 0.15) is 0 Å². The van der Waals surface area contributed by atoms with Crippen molar-refractivity contribution in [2.45, 2.75) is 13.8 Å². The Morgan fingerprint density at radius 3 is 2.23 bits per heavy atom. The fourth-order valence-corrected chi connectivity index (χ4v) is 2.85. The van der Waals surface area contributed by atoms with Crippen LogP contribution >= 0.6 is 0 Å². The third-order valence-electron chi connectivity index (χ3n) is 3.92. The van der Waals surface area contributed by atoms with Gasteiger partial charge in [0.2, 0.25) is 0 Å². The molecule has 0 spiro atoms. The molecule has 0 atom stereocenters. The van der Waals surface area contributed by atoms with Gasteiger partial charge in [0.05, 0.1) is 0 Å². The fraction of sp³-hybridized carbons (Fsp3) is 0.150. The molecule has 0 aliphatic heterocycles. The monoisotopic (exact) mass is 289 g/mol. The first-order valence-electron chi connectivity index (χ1n) is 7.40. The molecule has 22 heavy (non-hydrogen) atoms. The molecule has 0 aromatic heterocycles. The number of benzene rings is 3. The third kappa shape index (κ3) is 2.60. The van der Waals surface area contributed by atoms with Crippen LogP contribution < -0.4 is 4.90 Å². The second-order valence-corrected chi connectivity index (χ2v) is 5.74. The van der Waals surface area contributed by atoms with Gasteiger partial charge in [-0.05, 0) is 53.9 Å². The van der Waals surface area contributed by atoms with E-state index in [9.17, 15) is 4.79 Å². The molecule has 110 valence electrons. The Bertz CT molecular complexity index is 826. The highest BCUT2D eigenvalue weighted by Gasteiger charge is 2.16. The Hall–Kier alpha value is -2.61. The lowest BCUT2D eigenvalue weighted by molar-refractivity contribution is 0.0994. The van der Waals surface area contributed by atoms with E-state index in [4.69, 9.17) is 0 Å². The molecule has 1 amide bonds. The first-order valence-corrected chi connectivity index (χ1v) is 7.40. The van der Waals surface area contributed by atoms with Crippen LogP contribution in [0.15, 0.2) is 60.7 Å². The van der Waals surface area contributed by atoms with Gasteiger partial charge >= 0.3 is 0 Å². The molecular weight excluding hydrogens is 270 g/mol. The molecule has 0 fully saturated rings. The standard InChI is InChI=1S/C20H19NO/c1-14-11-15(2)13-17(12-14)21(3)20(22)19-10-6-8-16-7-4-5-9-18(16)19/h4-13H,1-3H3. The predicted molar refractivity (Wildman–Crippen MR) is 92.6 cm³/mol. The highest BCUT2D eigenvalue weighted by Crippen LogP contribution is 2.23. The Morgan fingerprint density at radius 2 is 1.50 bits per heavy atom. The maximum absolute atomic E-state index is 12.9. The number of aryl methyl sites for hydroxylation is 2. The third-order valence-corrected chi connectivity index (χ3v) is 3.92. The number of hydrogen-bond donors (Lipinski definition) is 0. The normalized spacial score (nSPS) is 10.7. The molecule has 0 saturated carbocycles. The van der Waals surface area contributed by atoms with Gasteiger partial charge < -0.3 is 4.90 Å². The minimum atomic E-state index is 0.0156. The molecule has 0 aliphatic carbocycles. The molecule has 0 saturated heterocycles. The van der Waals surface area contributed by atoms with Gasteiger partial charge in [-0.3, -0.25) is 4.79 Å². The lowest BCUT2D eigenvalue weighted by Crippen LogP contribution is -2.26. The van der Waals surface area contributed by atoms with Crippen molar-refractivity contribution in [3.8, 4) is 0 Å². The summed E-state index contributed by atoms with van der Waals surface area (Å²) in [6.45, 7) is 4.10. The summed E-state index contributed by atoms with van der Waals surface area (Å²) in [7, 11) is 1.83. The van der Waals surface area contributed by atoms with Crippen molar-refractivity contribution in [1.29, 1.82) is 0 Å². The van der Waals surface area contributed by atoms with Crippen LogP contribution in [-0.2, 0) is 0 Å². The zero-order chi connectivity index (χ0) is 15.7. The Balaban J connectivity index is 2.05. The van der Waals surface area contributed by atoms with E-state index in [2.05, 4.69) is 6.07 Å². The van der Waals surface area contributed by atoms with Crippen molar-refractivity contribution < 1.29 is 4.79 Å². The van der Waals surface area contributed by atoms with Crippen LogP contribution in [0, 0.1) is 13.8 Å². The van der Waals surface area contributed by atoms with Crippen LogP contribution in [0.4, 0.5) is 5.69 Å². The number of nitrogens with zero attached hydrogens (tertiary/aromatic N) is 1. The van der Waals surface area contributed by atoms with Gasteiger partial charge in [-0.25, -0.2) is 0 Å². The van der Waals surface area contributed by atoms with E-state index in [0.29, 0.717) is 0 Å². The van der Waals surface area contributed by atoms with Crippen LogP contribution in [0.25, 0.3) is 10.8 Å². The number of carbonyl (C=O) groups excluding carboxylic acids is 1. The second kappa shape index (κ2) is 5.64. The molecule has 0 radical (unpaired) electrons. The second-order valence-electron chi connectivity index (χ2n) is 5.74. The van der Waals surface area contributed by atoms with Crippen molar-refractivity contribution in [2.75, 3.05) is 11.9 Å². The van der Waals surface area contributed by atoms with Gasteiger partial charge in [-0.2, -0.15) is 0 Å². The molecule has 3 aromatic rings. The van der Waals surface area contributed by atoms with Crippen molar-refractivity contribution in [3.63, 3.8) is 0 Å². The largest absolute Gasteiger partial charge is 0.311 e. The Morgan fingerprint density at radius 1 is 0.864 bits per heavy atom. The average molecular weight is 289 g/mol. The molecule has 2 heteroatoms. The summed E-state index contributed by atoms with van der Waals surface area (Å²) in [6.07, 6.45) is 0. The molecule has 0 bridgehead atoms. The van der Waals surface area contributed by atoms with E-state index in [1.165, 1.54) is 0 Å². The average Bonchev–Trinajstić information content (AvgIpc) is 2.52. The van der Waals surface area contributed by atoms with Crippen molar-refractivity contribution in [3.05, 3.63) is 77.4 Å². The number of hydrogen-bond acceptors (Lipinski definition) is 1. The molecule has 0 aliphatic rings. The minimum absolute atomic E-state index is 0.0156. The maximum Gasteiger partial charge on any atom is 0.258 e. The van der Waals surface area contributed by atoms with E-state index in [-0.39, 0.29) is 5.91 Å². The lowest BCUT2D eigenvalue weighted by Gasteiger charge is -2.19. The summed E-state index contributed by atoms with van der Waals surface area (Å²) in [5, 5.41) is 2.08. The van der Waals surface area contributed by atoms with Gasteiger partial charge in [-0.15, -0.1) is 0 Å². The number of anilines is 1. The number of fused-ring (bicyclic) bond motifs is 1. The maximum atomic E-state index is 12.9. The van der Waals surface area contributed by atoms with Crippen molar-refractivity contribution in [2.24, 2.45) is 0 Å². The summed E-state index contributed by atoms with van der Waals surface area (Å²) in [4.78, 5) is 14.6. The van der Waals surface area contributed by atoms with E-state index in [0.717, 1.165) is 33.2 Å². The number of carbonyl (C=O) groups is 1. The van der Waals surface area contributed by atoms with Crippen LogP contribution in [-0.4, -0.2) is 13.0 Å². The smallest absolute Gasteiger partial charge is 0.258 e. The molecule has 2 nitrogen and oxygen atoms in total. The first kappa shape index (κ1) is 14.3. The van der Waals surface area contributed by atoms with Crippen LogP contribution in [0.2, 0.25) is 0 Å². The van der Waals surface area contributed by atoms with Gasteiger partial charge in [-0.1, -0.05) is 42.5 Å². The number of rotatable bonds is 2. The van der Waals surface area contributed by atoms with Crippen LogP contribution in [0.3, 0.4) is 0 Å². The zero-order valence-corrected chi connectivity index (χ0v) is 13.1. The Kier molecular flexibility index (Phi) is 3.68. The van der Waals surface area contributed by atoms with Crippen molar-refractivity contribution >= 4 is 22.4 Å². The highest BCUT2D eigenvalue weighted by molar-refractivity contribution is 6.13. The molecule has 3 rings (SSSR count). The van der Waals surface area contributed by atoms with E-state index >= 15 is 0 Å². The highest BCUT2D eigenvalue weighted by atomic mass is 16.2. The van der Waals surface area contributed by atoms with Crippen LogP contribution in [0.5, 0.6) is 0 Å². The molecule has 0 N–H and O–H groups in total.